The minimum Gasteiger partial charge on any atom is -0.406 e. The van der Waals surface area contributed by atoms with Crippen molar-refractivity contribution >= 4 is 22.9 Å². The second-order valence-corrected chi connectivity index (χ2v) is 7.61. The predicted molar refractivity (Wildman–Crippen MR) is 105 cm³/mol. The Labute approximate surface area is 170 Å². The topological polar surface area (TPSA) is 76.4 Å². The van der Waals surface area contributed by atoms with Gasteiger partial charge in [-0.25, -0.2) is 4.98 Å². The second kappa shape index (κ2) is 7.32. The Morgan fingerprint density at radius 3 is 2.53 bits per heavy atom. The van der Waals surface area contributed by atoms with E-state index in [2.05, 4.69) is 15.0 Å². The SMILES string of the molecule is Cc1ccc2nc(NC(=O)CC3(O)CCC3)n(-c3ccc(OC(F)(F)F)cc3)c2c1. The minimum atomic E-state index is -4.78. The van der Waals surface area contributed by atoms with Gasteiger partial charge in [0, 0.05) is 5.69 Å². The Morgan fingerprint density at radius 2 is 1.93 bits per heavy atom. The number of benzene rings is 2. The fourth-order valence-electron chi connectivity index (χ4n) is 3.56. The minimum absolute atomic E-state index is 0.0341. The van der Waals surface area contributed by atoms with Crippen LogP contribution in [-0.2, 0) is 4.79 Å². The van der Waals surface area contributed by atoms with E-state index in [1.54, 1.807) is 10.6 Å². The molecule has 0 radical (unpaired) electrons. The van der Waals surface area contributed by atoms with E-state index < -0.39 is 12.0 Å². The Balaban J connectivity index is 1.69. The van der Waals surface area contributed by atoms with Gasteiger partial charge in [0.25, 0.3) is 0 Å². The number of aryl methyl sites for hydroxylation is 1. The van der Waals surface area contributed by atoms with Gasteiger partial charge in [-0.3, -0.25) is 14.7 Å². The maximum atomic E-state index is 12.5. The first-order chi connectivity index (χ1) is 14.1. The molecule has 3 aromatic rings. The van der Waals surface area contributed by atoms with Crippen LogP contribution in [0.15, 0.2) is 42.5 Å². The lowest BCUT2D eigenvalue weighted by molar-refractivity contribution is -0.274. The van der Waals surface area contributed by atoms with Crippen molar-refractivity contribution in [1.82, 2.24) is 9.55 Å². The van der Waals surface area contributed by atoms with Gasteiger partial charge < -0.3 is 9.84 Å². The number of carbonyl (C=O) groups is 1. The lowest BCUT2D eigenvalue weighted by Gasteiger charge is -2.35. The van der Waals surface area contributed by atoms with E-state index in [1.807, 2.05) is 19.1 Å². The van der Waals surface area contributed by atoms with Crippen LogP contribution >= 0.6 is 0 Å². The van der Waals surface area contributed by atoms with Gasteiger partial charge in [0.15, 0.2) is 0 Å². The molecule has 0 spiro atoms. The van der Waals surface area contributed by atoms with Crippen LogP contribution in [0, 0.1) is 6.92 Å². The normalized spacial score (nSPS) is 15.6. The van der Waals surface area contributed by atoms with Gasteiger partial charge in [-0.05, 0) is 68.1 Å². The van der Waals surface area contributed by atoms with Crippen LogP contribution < -0.4 is 10.1 Å². The van der Waals surface area contributed by atoms with Crippen molar-refractivity contribution in [2.24, 2.45) is 0 Å². The Bertz CT molecular complexity index is 1090. The summed E-state index contributed by atoms with van der Waals surface area (Å²) in [5.41, 5.74) is 1.80. The molecule has 6 nitrogen and oxygen atoms in total. The molecule has 0 unspecified atom stereocenters. The molecule has 1 aromatic heterocycles. The number of alkyl halides is 3. The van der Waals surface area contributed by atoms with Gasteiger partial charge in [0.2, 0.25) is 11.9 Å². The molecule has 1 aliphatic rings. The quantitative estimate of drug-likeness (QED) is 0.640. The third-order valence-corrected chi connectivity index (χ3v) is 5.16. The number of ether oxygens (including phenoxy) is 1. The molecule has 4 rings (SSSR count). The lowest BCUT2D eigenvalue weighted by Crippen LogP contribution is -2.40. The van der Waals surface area contributed by atoms with Crippen molar-refractivity contribution in [2.45, 2.75) is 44.6 Å². The number of rotatable bonds is 5. The summed E-state index contributed by atoms with van der Waals surface area (Å²) in [5.74, 6) is -0.486. The molecule has 30 heavy (non-hydrogen) atoms. The first kappa shape index (κ1) is 20.2. The molecule has 2 aromatic carbocycles. The van der Waals surface area contributed by atoms with E-state index in [9.17, 15) is 23.1 Å². The van der Waals surface area contributed by atoms with Gasteiger partial charge in [0.1, 0.15) is 5.75 Å². The number of anilines is 1. The highest BCUT2D eigenvalue weighted by molar-refractivity contribution is 5.93. The number of nitrogens with one attached hydrogen (secondary N) is 1. The molecular formula is C21H20F3N3O3. The maximum Gasteiger partial charge on any atom is 0.573 e. The van der Waals surface area contributed by atoms with E-state index in [-0.39, 0.29) is 24.0 Å². The molecule has 0 saturated heterocycles. The smallest absolute Gasteiger partial charge is 0.406 e. The first-order valence-electron chi connectivity index (χ1n) is 9.49. The van der Waals surface area contributed by atoms with E-state index in [4.69, 9.17) is 0 Å². The summed E-state index contributed by atoms with van der Waals surface area (Å²) in [7, 11) is 0. The summed E-state index contributed by atoms with van der Waals surface area (Å²) in [4.78, 5) is 17.0. The number of hydrogen-bond acceptors (Lipinski definition) is 4. The third kappa shape index (κ3) is 4.25. The van der Waals surface area contributed by atoms with Crippen LogP contribution in [-0.4, -0.2) is 32.5 Å². The van der Waals surface area contributed by atoms with Gasteiger partial charge in [-0.2, -0.15) is 0 Å². The molecule has 0 atom stereocenters. The summed E-state index contributed by atoms with van der Waals surface area (Å²) in [6, 6.07) is 10.9. The number of imidazole rings is 1. The predicted octanol–water partition coefficient (Wildman–Crippen LogP) is 4.48. The molecule has 9 heteroatoms. The van der Waals surface area contributed by atoms with Gasteiger partial charge >= 0.3 is 6.36 Å². The molecule has 0 bridgehead atoms. The van der Waals surface area contributed by atoms with Crippen LogP contribution in [0.5, 0.6) is 5.75 Å². The van der Waals surface area contributed by atoms with E-state index >= 15 is 0 Å². The van der Waals surface area contributed by atoms with Crippen LogP contribution in [0.3, 0.4) is 0 Å². The summed E-state index contributed by atoms with van der Waals surface area (Å²) in [5, 5.41) is 13.0. The summed E-state index contributed by atoms with van der Waals surface area (Å²) in [6.07, 6.45) is -2.77. The third-order valence-electron chi connectivity index (χ3n) is 5.16. The molecule has 1 heterocycles. The van der Waals surface area contributed by atoms with E-state index in [0.29, 0.717) is 29.6 Å². The van der Waals surface area contributed by atoms with Crippen molar-refractivity contribution in [1.29, 1.82) is 0 Å². The lowest BCUT2D eigenvalue weighted by atomic mass is 9.78. The Hall–Kier alpha value is -3.07. The van der Waals surface area contributed by atoms with Gasteiger partial charge in [-0.15, -0.1) is 13.2 Å². The van der Waals surface area contributed by atoms with Crippen molar-refractivity contribution in [3.63, 3.8) is 0 Å². The number of hydrogen-bond donors (Lipinski definition) is 2. The number of aromatic nitrogens is 2. The summed E-state index contributed by atoms with van der Waals surface area (Å²) >= 11 is 0. The van der Waals surface area contributed by atoms with Crippen molar-refractivity contribution in [2.75, 3.05) is 5.32 Å². The maximum absolute atomic E-state index is 12.5. The molecule has 1 amide bonds. The van der Waals surface area contributed by atoms with E-state index in [0.717, 1.165) is 12.0 Å². The summed E-state index contributed by atoms with van der Waals surface area (Å²) < 4.78 is 42.9. The molecule has 1 aliphatic carbocycles. The molecule has 1 fully saturated rings. The standard InChI is InChI=1S/C21H20F3N3O3/c1-13-3-8-16-17(11-13)27(14-4-6-15(7-5-14)30-21(22,23)24)19(25-16)26-18(28)12-20(29)9-2-10-20/h3-8,11,29H,2,9-10,12H2,1H3,(H,25,26,28). The van der Waals surface area contributed by atoms with Gasteiger partial charge in [-0.1, -0.05) is 6.07 Å². The van der Waals surface area contributed by atoms with Crippen LogP contribution in [0.4, 0.5) is 19.1 Å². The zero-order valence-corrected chi connectivity index (χ0v) is 16.2. The van der Waals surface area contributed by atoms with Crippen LogP contribution in [0.25, 0.3) is 16.7 Å². The van der Waals surface area contributed by atoms with Crippen molar-refractivity contribution < 1.29 is 27.8 Å². The largest absolute Gasteiger partial charge is 0.573 e. The Kier molecular flexibility index (Phi) is 4.93. The number of fused-ring (bicyclic) bond motifs is 1. The molecule has 158 valence electrons. The number of halogens is 3. The number of aliphatic hydroxyl groups is 1. The monoisotopic (exact) mass is 419 g/mol. The van der Waals surface area contributed by atoms with Crippen molar-refractivity contribution in [3.05, 3.63) is 48.0 Å². The average molecular weight is 419 g/mol. The number of carbonyl (C=O) groups excluding carboxylic acids is 1. The van der Waals surface area contributed by atoms with Gasteiger partial charge in [0.05, 0.1) is 23.1 Å². The zero-order chi connectivity index (χ0) is 21.5. The average Bonchev–Trinajstić information content (AvgIpc) is 2.96. The fraction of sp³-hybridized carbons (Fsp3) is 0.333. The molecular weight excluding hydrogens is 399 g/mol. The van der Waals surface area contributed by atoms with Crippen molar-refractivity contribution in [3.8, 4) is 11.4 Å². The zero-order valence-electron chi connectivity index (χ0n) is 16.2. The second-order valence-electron chi connectivity index (χ2n) is 7.61. The number of nitrogens with zero attached hydrogens (tertiary/aromatic N) is 2. The molecule has 1 saturated carbocycles. The van der Waals surface area contributed by atoms with E-state index in [1.165, 1.54) is 24.3 Å². The molecule has 0 aliphatic heterocycles. The highest BCUT2D eigenvalue weighted by atomic mass is 19.4. The molecule has 2 N–H and O–H groups in total. The summed E-state index contributed by atoms with van der Waals surface area (Å²) in [6.45, 7) is 1.90. The highest BCUT2D eigenvalue weighted by Crippen LogP contribution is 2.35. The Morgan fingerprint density at radius 1 is 1.23 bits per heavy atom. The first-order valence-corrected chi connectivity index (χ1v) is 9.49. The fourth-order valence-corrected chi connectivity index (χ4v) is 3.56. The highest BCUT2D eigenvalue weighted by Gasteiger charge is 2.37. The van der Waals surface area contributed by atoms with Crippen LogP contribution in [0.2, 0.25) is 0 Å². The van der Waals surface area contributed by atoms with Crippen LogP contribution in [0.1, 0.15) is 31.2 Å². The number of amides is 1.